The maximum absolute atomic E-state index is 11.9. The summed E-state index contributed by atoms with van der Waals surface area (Å²) in [4.78, 5) is 23.7. The highest BCUT2D eigenvalue weighted by Crippen LogP contribution is 2.19. The molecule has 3 rings (SSSR count). The van der Waals surface area contributed by atoms with Crippen LogP contribution in [0.2, 0.25) is 0 Å². The fourth-order valence-electron chi connectivity index (χ4n) is 3.23. The van der Waals surface area contributed by atoms with Crippen molar-refractivity contribution in [3.8, 4) is 5.75 Å². The molecule has 134 valence electrons. The second kappa shape index (κ2) is 7.70. The van der Waals surface area contributed by atoms with Gasteiger partial charge >= 0.3 is 5.69 Å². The van der Waals surface area contributed by atoms with Crippen LogP contribution in [0.5, 0.6) is 5.75 Å². The molecule has 0 radical (unpaired) electrons. The average molecular weight is 343 g/mol. The Morgan fingerprint density at radius 2 is 1.92 bits per heavy atom. The number of aromatic nitrogens is 2. The number of hydrogen-bond acceptors (Lipinski definition) is 4. The van der Waals surface area contributed by atoms with E-state index in [1.807, 2.05) is 12.1 Å². The topological polar surface area (TPSA) is 65.3 Å². The first kappa shape index (κ1) is 17.5. The van der Waals surface area contributed by atoms with Crippen molar-refractivity contribution in [2.24, 2.45) is 20.0 Å². The first-order chi connectivity index (χ1) is 12.0. The standard InChI is InChI=1S/C19H25N3O3/c1-21-16(11-18(23)22(2)19(21)24)13-25-17-7-5-14(6-8-17)10-15-4-3-9-20-12-15/h5-8,11,15,20H,3-4,9-10,12-13H2,1-2H3. The molecule has 2 heterocycles. The molecule has 1 aliphatic heterocycles. The fraction of sp³-hybridized carbons (Fsp3) is 0.474. The van der Waals surface area contributed by atoms with Crippen LogP contribution in [0.25, 0.3) is 0 Å². The second-order valence-electron chi connectivity index (χ2n) is 6.72. The number of benzene rings is 1. The van der Waals surface area contributed by atoms with Crippen LogP contribution in [-0.2, 0) is 27.1 Å². The molecule has 1 aliphatic rings. The molecule has 0 amide bonds. The molecule has 1 saturated heterocycles. The van der Waals surface area contributed by atoms with E-state index in [1.54, 1.807) is 7.05 Å². The minimum atomic E-state index is -0.345. The zero-order valence-corrected chi connectivity index (χ0v) is 14.8. The number of nitrogens with zero attached hydrogens (tertiary/aromatic N) is 2. The van der Waals surface area contributed by atoms with Crippen LogP contribution in [0.15, 0.2) is 39.9 Å². The normalized spacial score (nSPS) is 17.4. The Morgan fingerprint density at radius 1 is 1.16 bits per heavy atom. The van der Waals surface area contributed by atoms with Gasteiger partial charge in [0.25, 0.3) is 5.56 Å². The van der Waals surface area contributed by atoms with Crippen molar-refractivity contribution in [3.63, 3.8) is 0 Å². The smallest absolute Gasteiger partial charge is 0.330 e. The highest BCUT2D eigenvalue weighted by molar-refractivity contribution is 5.27. The molecule has 0 aliphatic carbocycles. The van der Waals surface area contributed by atoms with Crippen molar-refractivity contribution >= 4 is 0 Å². The van der Waals surface area contributed by atoms with Crippen LogP contribution in [0.3, 0.4) is 0 Å². The van der Waals surface area contributed by atoms with E-state index in [0.717, 1.165) is 29.8 Å². The summed E-state index contributed by atoms with van der Waals surface area (Å²) in [6.45, 7) is 2.41. The van der Waals surface area contributed by atoms with E-state index in [9.17, 15) is 9.59 Å². The molecule has 6 heteroatoms. The SMILES string of the molecule is Cn1c(COc2ccc(CC3CCCNC3)cc2)cc(=O)n(C)c1=O. The fourth-order valence-corrected chi connectivity index (χ4v) is 3.23. The van der Waals surface area contributed by atoms with Crippen LogP contribution >= 0.6 is 0 Å². The van der Waals surface area contributed by atoms with Crippen molar-refractivity contribution in [3.05, 3.63) is 62.4 Å². The van der Waals surface area contributed by atoms with E-state index in [4.69, 9.17) is 4.74 Å². The van der Waals surface area contributed by atoms with Gasteiger partial charge in [0.05, 0.1) is 5.69 Å². The number of rotatable bonds is 5. The molecular weight excluding hydrogens is 318 g/mol. The van der Waals surface area contributed by atoms with Gasteiger partial charge in [0.1, 0.15) is 12.4 Å². The van der Waals surface area contributed by atoms with Crippen LogP contribution in [0.4, 0.5) is 0 Å². The van der Waals surface area contributed by atoms with Crippen molar-refractivity contribution < 1.29 is 4.74 Å². The molecule has 1 unspecified atom stereocenters. The summed E-state index contributed by atoms with van der Waals surface area (Å²) in [6.07, 6.45) is 3.61. The van der Waals surface area contributed by atoms with Gasteiger partial charge in [-0.2, -0.15) is 0 Å². The molecule has 0 spiro atoms. The van der Waals surface area contributed by atoms with E-state index in [-0.39, 0.29) is 17.9 Å². The third-order valence-electron chi connectivity index (χ3n) is 4.86. The number of hydrogen-bond donors (Lipinski definition) is 1. The number of nitrogens with one attached hydrogen (secondary N) is 1. The summed E-state index contributed by atoms with van der Waals surface area (Å²) in [5.74, 6) is 1.44. The summed E-state index contributed by atoms with van der Waals surface area (Å²) < 4.78 is 8.27. The summed E-state index contributed by atoms with van der Waals surface area (Å²) >= 11 is 0. The third-order valence-corrected chi connectivity index (χ3v) is 4.86. The van der Waals surface area contributed by atoms with E-state index in [1.165, 1.54) is 36.1 Å². The van der Waals surface area contributed by atoms with Crippen molar-refractivity contribution in [1.29, 1.82) is 0 Å². The van der Waals surface area contributed by atoms with Crippen LogP contribution in [0, 0.1) is 5.92 Å². The molecule has 1 N–H and O–H groups in total. The Hall–Kier alpha value is -2.34. The minimum absolute atomic E-state index is 0.188. The molecular formula is C19H25N3O3. The lowest BCUT2D eigenvalue weighted by Gasteiger charge is -2.22. The predicted molar refractivity (Wildman–Crippen MR) is 97.0 cm³/mol. The Kier molecular flexibility index (Phi) is 5.38. The van der Waals surface area contributed by atoms with E-state index < -0.39 is 0 Å². The summed E-state index contributed by atoms with van der Waals surface area (Å²) in [6, 6.07) is 9.52. The van der Waals surface area contributed by atoms with Crippen LogP contribution < -0.4 is 21.3 Å². The van der Waals surface area contributed by atoms with Gasteiger partial charge < -0.3 is 10.1 Å². The lowest BCUT2D eigenvalue weighted by Crippen LogP contribution is -2.38. The zero-order valence-electron chi connectivity index (χ0n) is 14.8. The maximum atomic E-state index is 11.9. The van der Waals surface area contributed by atoms with Crippen molar-refractivity contribution in [1.82, 2.24) is 14.5 Å². The highest BCUT2D eigenvalue weighted by atomic mass is 16.5. The Bertz CT molecular complexity index is 830. The molecule has 25 heavy (non-hydrogen) atoms. The molecule has 1 atom stereocenters. The van der Waals surface area contributed by atoms with Gasteiger partial charge in [-0.25, -0.2) is 4.79 Å². The molecule has 0 bridgehead atoms. The number of ether oxygens (including phenoxy) is 1. The summed E-state index contributed by atoms with van der Waals surface area (Å²) in [5, 5.41) is 3.44. The van der Waals surface area contributed by atoms with Gasteiger partial charge in [-0.3, -0.25) is 13.9 Å². The Balaban J connectivity index is 1.62. The third kappa shape index (κ3) is 4.20. The lowest BCUT2D eigenvalue weighted by molar-refractivity contribution is 0.293. The monoisotopic (exact) mass is 343 g/mol. The van der Waals surface area contributed by atoms with Crippen molar-refractivity contribution in [2.45, 2.75) is 25.9 Å². The second-order valence-corrected chi connectivity index (χ2v) is 6.72. The van der Waals surface area contributed by atoms with Crippen molar-refractivity contribution in [2.75, 3.05) is 13.1 Å². The van der Waals surface area contributed by atoms with Gasteiger partial charge in [0.2, 0.25) is 0 Å². The van der Waals surface area contributed by atoms with Crippen LogP contribution in [0.1, 0.15) is 24.1 Å². The zero-order chi connectivity index (χ0) is 17.8. The molecule has 2 aromatic rings. The average Bonchev–Trinajstić information content (AvgIpc) is 2.64. The quantitative estimate of drug-likeness (QED) is 0.886. The molecule has 0 saturated carbocycles. The Labute approximate surface area is 147 Å². The molecule has 6 nitrogen and oxygen atoms in total. The van der Waals surface area contributed by atoms with E-state index in [2.05, 4.69) is 17.4 Å². The largest absolute Gasteiger partial charge is 0.487 e. The van der Waals surface area contributed by atoms with E-state index in [0.29, 0.717) is 11.6 Å². The van der Waals surface area contributed by atoms with Gasteiger partial charge in [0, 0.05) is 20.2 Å². The van der Waals surface area contributed by atoms with Gasteiger partial charge in [0.15, 0.2) is 0 Å². The Morgan fingerprint density at radius 3 is 2.60 bits per heavy atom. The lowest BCUT2D eigenvalue weighted by atomic mass is 9.92. The number of piperidine rings is 1. The maximum Gasteiger partial charge on any atom is 0.330 e. The highest BCUT2D eigenvalue weighted by Gasteiger charge is 2.13. The minimum Gasteiger partial charge on any atom is -0.487 e. The van der Waals surface area contributed by atoms with E-state index >= 15 is 0 Å². The predicted octanol–water partition coefficient (Wildman–Crippen LogP) is 1.21. The summed E-state index contributed by atoms with van der Waals surface area (Å²) in [7, 11) is 3.11. The van der Waals surface area contributed by atoms with Gasteiger partial charge in [-0.1, -0.05) is 12.1 Å². The first-order valence-corrected chi connectivity index (χ1v) is 8.73. The molecule has 1 aromatic heterocycles. The molecule has 1 fully saturated rings. The van der Waals surface area contributed by atoms with Gasteiger partial charge in [-0.05, 0) is 56.0 Å². The summed E-state index contributed by atoms with van der Waals surface area (Å²) in [5.41, 5.74) is 1.20. The molecule has 1 aromatic carbocycles. The van der Waals surface area contributed by atoms with Crippen LogP contribution in [-0.4, -0.2) is 22.2 Å². The van der Waals surface area contributed by atoms with Gasteiger partial charge in [-0.15, -0.1) is 0 Å². The first-order valence-electron chi connectivity index (χ1n) is 8.73.